The number of hydrogen-bond donors (Lipinski definition) is 3. The van der Waals surface area contributed by atoms with Crippen LogP contribution in [0.4, 0.5) is 0 Å². The Kier molecular flexibility index (Phi) is 5.27. The van der Waals surface area contributed by atoms with E-state index >= 15 is 0 Å². The number of nitrogens with one attached hydrogen (secondary N) is 1. The number of aromatic nitrogens is 1. The summed E-state index contributed by atoms with van der Waals surface area (Å²) < 4.78 is 10.1. The van der Waals surface area contributed by atoms with Gasteiger partial charge in [-0.1, -0.05) is 6.07 Å². The topological polar surface area (TPSA) is 101 Å². The highest BCUT2D eigenvalue weighted by Gasteiger charge is 2.36. The summed E-state index contributed by atoms with van der Waals surface area (Å²) in [4.78, 5) is 16.9. The Balaban J connectivity index is 1.82. The van der Waals surface area contributed by atoms with Gasteiger partial charge in [0.15, 0.2) is 0 Å². The first-order chi connectivity index (χ1) is 12.5. The van der Waals surface area contributed by atoms with E-state index < -0.39 is 5.91 Å². The quantitative estimate of drug-likeness (QED) is 0.731. The molecule has 1 amide bonds. The number of phenols is 1. The van der Waals surface area contributed by atoms with Gasteiger partial charge in [-0.05, 0) is 36.5 Å². The zero-order valence-electron chi connectivity index (χ0n) is 14.7. The molecule has 1 aliphatic carbocycles. The summed E-state index contributed by atoms with van der Waals surface area (Å²) in [6, 6.07) is 7.79. The Morgan fingerprint density at radius 2 is 2.00 bits per heavy atom. The number of nitrogens with zero attached hydrogens (tertiary/aromatic N) is 1. The van der Waals surface area contributed by atoms with Crippen molar-refractivity contribution in [2.75, 3.05) is 14.2 Å². The predicted molar refractivity (Wildman–Crippen MR) is 94.4 cm³/mol. The van der Waals surface area contributed by atoms with Crippen molar-refractivity contribution in [3.8, 4) is 17.4 Å². The predicted octanol–water partition coefficient (Wildman–Crippen LogP) is 2.05. The first kappa shape index (κ1) is 18.0. The number of rotatable bonds is 6. The summed E-state index contributed by atoms with van der Waals surface area (Å²) in [5.74, 6) is 0.510. The Bertz CT molecular complexity index is 772. The minimum Gasteiger partial charge on any atom is -0.507 e. The molecule has 0 radical (unpaired) electrons. The maximum atomic E-state index is 12.7. The van der Waals surface area contributed by atoms with Gasteiger partial charge in [0.1, 0.15) is 11.5 Å². The first-order valence-corrected chi connectivity index (χ1v) is 8.37. The molecule has 0 aliphatic heterocycles. The lowest BCUT2D eigenvalue weighted by Crippen LogP contribution is -2.41. The molecule has 1 fully saturated rings. The Morgan fingerprint density at radius 1 is 1.23 bits per heavy atom. The van der Waals surface area contributed by atoms with E-state index in [0.717, 1.165) is 5.56 Å². The zero-order valence-corrected chi connectivity index (χ0v) is 14.7. The highest BCUT2D eigenvalue weighted by atomic mass is 16.5. The average molecular weight is 358 g/mol. The number of carbonyl (C=O) groups is 1. The molecule has 7 nitrogen and oxygen atoms in total. The van der Waals surface area contributed by atoms with Gasteiger partial charge in [-0.25, -0.2) is 4.98 Å². The van der Waals surface area contributed by atoms with E-state index in [-0.39, 0.29) is 29.4 Å². The number of ether oxygens (including phenoxy) is 2. The van der Waals surface area contributed by atoms with Crippen LogP contribution in [-0.2, 0) is 0 Å². The molecule has 0 bridgehead atoms. The maximum absolute atomic E-state index is 12.7. The van der Waals surface area contributed by atoms with Gasteiger partial charge in [0.2, 0.25) is 5.88 Å². The summed E-state index contributed by atoms with van der Waals surface area (Å²) in [6.45, 7) is 0. The summed E-state index contributed by atoms with van der Waals surface area (Å²) in [6.07, 6.45) is 2.51. The third-order valence-corrected chi connectivity index (χ3v) is 4.68. The van der Waals surface area contributed by atoms with Gasteiger partial charge >= 0.3 is 0 Å². The molecule has 0 saturated heterocycles. The second-order valence-electron chi connectivity index (χ2n) is 6.35. The minimum atomic E-state index is -0.396. The molecule has 3 N–H and O–H groups in total. The van der Waals surface area contributed by atoms with E-state index in [1.807, 2.05) is 6.07 Å². The van der Waals surface area contributed by atoms with Crippen molar-refractivity contribution in [1.29, 1.82) is 0 Å². The summed E-state index contributed by atoms with van der Waals surface area (Å²) >= 11 is 0. The molecule has 1 heterocycles. The van der Waals surface area contributed by atoms with Crippen molar-refractivity contribution in [2.24, 2.45) is 5.92 Å². The fourth-order valence-corrected chi connectivity index (χ4v) is 3.12. The lowest BCUT2D eigenvalue weighted by atomic mass is 9.75. The molecule has 3 rings (SSSR count). The summed E-state index contributed by atoms with van der Waals surface area (Å²) in [5, 5.41) is 22.7. The number of aliphatic hydroxyl groups is 1. The second-order valence-corrected chi connectivity index (χ2v) is 6.35. The van der Waals surface area contributed by atoms with E-state index in [0.29, 0.717) is 24.5 Å². The molecule has 0 unspecified atom stereocenters. The van der Waals surface area contributed by atoms with Crippen molar-refractivity contribution >= 4 is 5.91 Å². The average Bonchev–Trinajstić information content (AvgIpc) is 2.63. The smallest absolute Gasteiger partial charge is 0.255 e. The Morgan fingerprint density at radius 3 is 2.54 bits per heavy atom. The van der Waals surface area contributed by atoms with E-state index in [1.54, 1.807) is 18.3 Å². The van der Waals surface area contributed by atoms with Crippen LogP contribution >= 0.6 is 0 Å². The van der Waals surface area contributed by atoms with Crippen LogP contribution in [0.25, 0.3) is 0 Å². The van der Waals surface area contributed by atoms with Crippen LogP contribution in [0, 0.1) is 5.92 Å². The van der Waals surface area contributed by atoms with Crippen LogP contribution < -0.4 is 14.8 Å². The van der Waals surface area contributed by atoms with Crippen LogP contribution in [-0.4, -0.2) is 41.4 Å². The SMILES string of the molecule is COc1ccc(C(=O)N[C@@H](c2ccc(OC)nc2)C2CC(O)C2)c(O)c1. The lowest BCUT2D eigenvalue weighted by Gasteiger charge is -2.38. The minimum absolute atomic E-state index is 0.101. The Hall–Kier alpha value is -2.80. The number of aliphatic hydroxyl groups excluding tert-OH is 1. The number of pyridine rings is 1. The molecule has 1 saturated carbocycles. The standard InChI is InChI=1S/C19H22N2O5/c1-25-14-4-5-15(16(23)9-14)19(24)21-18(12-7-13(22)8-12)11-3-6-17(26-2)20-10-11/h3-6,9-10,12-13,18,22-23H,7-8H2,1-2H3,(H,21,24)/t12?,13?,18-/m0/s1. The number of aromatic hydroxyl groups is 1. The number of hydrogen-bond acceptors (Lipinski definition) is 6. The Labute approximate surface area is 151 Å². The van der Waals surface area contributed by atoms with Crippen molar-refractivity contribution in [1.82, 2.24) is 10.3 Å². The third-order valence-electron chi connectivity index (χ3n) is 4.68. The molecule has 0 spiro atoms. The van der Waals surface area contributed by atoms with Crippen molar-refractivity contribution < 1.29 is 24.5 Å². The number of phenolic OH excluding ortho intramolecular Hbond substituents is 1. The largest absolute Gasteiger partial charge is 0.507 e. The van der Waals surface area contributed by atoms with Crippen LogP contribution in [0.3, 0.4) is 0 Å². The molecule has 1 atom stereocenters. The number of amides is 1. The monoisotopic (exact) mass is 358 g/mol. The highest BCUT2D eigenvalue weighted by Crippen LogP contribution is 2.38. The van der Waals surface area contributed by atoms with Gasteiger partial charge in [-0.15, -0.1) is 0 Å². The molecule has 2 aromatic rings. The molecule has 1 aromatic carbocycles. The van der Waals surface area contributed by atoms with Gasteiger partial charge in [0, 0.05) is 18.3 Å². The van der Waals surface area contributed by atoms with Gasteiger partial charge in [0.05, 0.1) is 31.9 Å². The number of carbonyl (C=O) groups excluding carboxylic acids is 1. The third kappa shape index (κ3) is 3.72. The van der Waals surface area contributed by atoms with Crippen molar-refractivity contribution in [3.63, 3.8) is 0 Å². The van der Waals surface area contributed by atoms with Crippen LogP contribution in [0.15, 0.2) is 36.5 Å². The number of benzene rings is 1. The van der Waals surface area contributed by atoms with E-state index in [1.165, 1.54) is 26.4 Å². The fourth-order valence-electron chi connectivity index (χ4n) is 3.12. The summed E-state index contributed by atoms with van der Waals surface area (Å²) in [7, 11) is 3.03. The van der Waals surface area contributed by atoms with Gasteiger partial charge in [-0.3, -0.25) is 4.79 Å². The van der Waals surface area contributed by atoms with E-state index in [9.17, 15) is 15.0 Å². The van der Waals surface area contributed by atoms with Crippen LogP contribution in [0.1, 0.15) is 34.8 Å². The molecular formula is C19H22N2O5. The fraction of sp³-hybridized carbons (Fsp3) is 0.368. The van der Waals surface area contributed by atoms with Crippen LogP contribution in [0.5, 0.6) is 17.4 Å². The molecule has 26 heavy (non-hydrogen) atoms. The molecule has 7 heteroatoms. The van der Waals surface area contributed by atoms with Gasteiger partial charge in [0.25, 0.3) is 5.91 Å². The molecule has 1 aliphatic rings. The molecular weight excluding hydrogens is 336 g/mol. The van der Waals surface area contributed by atoms with Gasteiger partial charge in [-0.2, -0.15) is 0 Å². The second kappa shape index (κ2) is 7.61. The van der Waals surface area contributed by atoms with Gasteiger partial charge < -0.3 is 25.0 Å². The molecule has 1 aromatic heterocycles. The maximum Gasteiger partial charge on any atom is 0.255 e. The van der Waals surface area contributed by atoms with E-state index in [4.69, 9.17) is 9.47 Å². The van der Waals surface area contributed by atoms with E-state index in [2.05, 4.69) is 10.3 Å². The van der Waals surface area contributed by atoms with Crippen molar-refractivity contribution in [3.05, 3.63) is 47.7 Å². The van der Waals surface area contributed by atoms with Crippen LogP contribution in [0.2, 0.25) is 0 Å². The zero-order chi connectivity index (χ0) is 18.7. The highest BCUT2D eigenvalue weighted by molar-refractivity contribution is 5.97. The molecule has 138 valence electrons. The van der Waals surface area contributed by atoms with Crippen molar-refractivity contribution in [2.45, 2.75) is 25.0 Å². The summed E-state index contributed by atoms with van der Waals surface area (Å²) in [5.41, 5.74) is 0.987. The lowest BCUT2D eigenvalue weighted by molar-refractivity contribution is 0.0234. The first-order valence-electron chi connectivity index (χ1n) is 8.37. The number of methoxy groups -OCH3 is 2. The normalized spacial score (nSPS) is 20.0.